The van der Waals surface area contributed by atoms with Crippen molar-refractivity contribution >= 4 is 34.7 Å². The van der Waals surface area contributed by atoms with Crippen molar-refractivity contribution in [3.8, 4) is 0 Å². The van der Waals surface area contributed by atoms with Gasteiger partial charge in [-0.25, -0.2) is 4.39 Å². The molecule has 2 aromatic carbocycles. The molecule has 0 saturated heterocycles. The third kappa shape index (κ3) is 3.77. The van der Waals surface area contributed by atoms with Gasteiger partial charge in [-0.05, 0) is 35.9 Å². The molecule has 0 aliphatic heterocycles. The minimum atomic E-state index is -0.485. The second kappa shape index (κ2) is 6.65. The first-order valence-corrected chi connectivity index (χ1v) is 6.72. The molecule has 0 spiro atoms. The molecule has 0 unspecified atom stereocenters. The number of hydrogen-bond donors (Lipinski definition) is 3. The highest BCUT2D eigenvalue weighted by atomic mass is 35.5. The fourth-order valence-electron chi connectivity index (χ4n) is 1.82. The summed E-state index contributed by atoms with van der Waals surface area (Å²) in [7, 11) is 0. The van der Waals surface area contributed by atoms with Crippen molar-refractivity contribution in [3.63, 3.8) is 0 Å². The number of nitrogens with one attached hydrogen (secondary N) is 1. The van der Waals surface area contributed by atoms with Crippen molar-refractivity contribution in [2.24, 2.45) is 10.9 Å². The van der Waals surface area contributed by atoms with Gasteiger partial charge in [0, 0.05) is 12.1 Å². The third-order valence-electron chi connectivity index (χ3n) is 2.79. The summed E-state index contributed by atoms with van der Waals surface area (Å²) >= 11 is 12.1. The molecule has 0 heterocycles. The van der Waals surface area contributed by atoms with Crippen molar-refractivity contribution in [1.82, 2.24) is 0 Å². The van der Waals surface area contributed by atoms with Crippen molar-refractivity contribution in [3.05, 3.63) is 63.4 Å². The standard InChI is InChI=1S/C14H12Cl2FN3O/c15-11-2-1-3-12(16)13(11)19-7-8-4-9(14(18)20-21)6-10(17)5-8/h1-6,19,21H,7H2,(H2,18,20). The molecular weight excluding hydrogens is 316 g/mol. The summed E-state index contributed by atoms with van der Waals surface area (Å²) in [6, 6.07) is 9.25. The lowest BCUT2D eigenvalue weighted by molar-refractivity contribution is 0.318. The maximum atomic E-state index is 13.5. The monoisotopic (exact) mass is 327 g/mol. The Bertz CT molecular complexity index is 672. The molecule has 7 heteroatoms. The third-order valence-corrected chi connectivity index (χ3v) is 3.42. The van der Waals surface area contributed by atoms with Crippen LogP contribution in [0.5, 0.6) is 0 Å². The summed E-state index contributed by atoms with van der Waals surface area (Å²) in [4.78, 5) is 0. The first-order valence-electron chi connectivity index (χ1n) is 5.96. The summed E-state index contributed by atoms with van der Waals surface area (Å²) < 4.78 is 13.5. The largest absolute Gasteiger partial charge is 0.409 e. The molecule has 0 amide bonds. The molecule has 21 heavy (non-hydrogen) atoms. The van der Waals surface area contributed by atoms with E-state index in [1.54, 1.807) is 24.3 Å². The first kappa shape index (κ1) is 15.4. The van der Waals surface area contributed by atoms with Gasteiger partial charge < -0.3 is 16.3 Å². The number of hydrogen-bond acceptors (Lipinski definition) is 3. The van der Waals surface area contributed by atoms with Crippen LogP contribution in [0.1, 0.15) is 11.1 Å². The van der Waals surface area contributed by atoms with Gasteiger partial charge in [0.1, 0.15) is 5.82 Å². The molecular formula is C14H12Cl2FN3O. The number of anilines is 1. The van der Waals surface area contributed by atoms with Crippen molar-refractivity contribution < 1.29 is 9.60 Å². The molecule has 0 aromatic heterocycles. The highest BCUT2D eigenvalue weighted by Crippen LogP contribution is 2.30. The van der Waals surface area contributed by atoms with Gasteiger partial charge in [0.05, 0.1) is 15.7 Å². The Balaban J connectivity index is 2.22. The molecule has 4 nitrogen and oxygen atoms in total. The van der Waals surface area contributed by atoms with E-state index in [1.807, 2.05) is 0 Å². The van der Waals surface area contributed by atoms with Crippen LogP contribution in [-0.2, 0) is 6.54 Å². The summed E-state index contributed by atoms with van der Waals surface area (Å²) in [5, 5.41) is 15.5. The molecule has 0 aliphatic carbocycles. The van der Waals surface area contributed by atoms with Gasteiger partial charge in [-0.3, -0.25) is 0 Å². The van der Waals surface area contributed by atoms with Crippen LogP contribution in [-0.4, -0.2) is 11.0 Å². The zero-order valence-electron chi connectivity index (χ0n) is 10.8. The van der Waals surface area contributed by atoms with Crippen LogP contribution in [0.2, 0.25) is 10.0 Å². The number of amidine groups is 1. The van der Waals surface area contributed by atoms with Crippen LogP contribution in [0.4, 0.5) is 10.1 Å². The van der Waals surface area contributed by atoms with Gasteiger partial charge >= 0.3 is 0 Å². The summed E-state index contributed by atoms with van der Waals surface area (Å²) in [5.74, 6) is -0.646. The molecule has 0 bridgehead atoms. The van der Waals surface area contributed by atoms with E-state index in [9.17, 15) is 4.39 Å². The maximum Gasteiger partial charge on any atom is 0.170 e. The average molecular weight is 328 g/mol. The number of halogens is 3. The minimum absolute atomic E-state index is 0.161. The van der Waals surface area contributed by atoms with E-state index in [0.717, 1.165) is 0 Å². The van der Waals surface area contributed by atoms with Crippen LogP contribution in [0.25, 0.3) is 0 Å². The van der Waals surface area contributed by atoms with Gasteiger partial charge in [-0.2, -0.15) is 0 Å². The van der Waals surface area contributed by atoms with Crippen LogP contribution in [0.3, 0.4) is 0 Å². The smallest absolute Gasteiger partial charge is 0.170 e. The number of para-hydroxylation sites is 1. The van der Waals surface area contributed by atoms with E-state index in [-0.39, 0.29) is 12.4 Å². The lowest BCUT2D eigenvalue weighted by atomic mass is 10.1. The molecule has 0 fully saturated rings. The van der Waals surface area contributed by atoms with Gasteiger partial charge in [0.25, 0.3) is 0 Å². The zero-order valence-corrected chi connectivity index (χ0v) is 12.3. The van der Waals surface area contributed by atoms with Gasteiger partial charge in [0.2, 0.25) is 0 Å². The molecule has 0 aliphatic rings. The second-order valence-electron chi connectivity index (χ2n) is 4.28. The summed E-state index contributed by atoms with van der Waals surface area (Å²) in [6.45, 7) is 0.285. The van der Waals surface area contributed by atoms with Crippen LogP contribution < -0.4 is 11.1 Å². The van der Waals surface area contributed by atoms with Crippen LogP contribution in [0.15, 0.2) is 41.6 Å². The molecule has 0 atom stereocenters. The van der Waals surface area contributed by atoms with Crippen molar-refractivity contribution in [2.75, 3.05) is 5.32 Å². The fraction of sp³-hybridized carbons (Fsp3) is 0.0714. The van der Waals surface area contributed by atoms with Gasteiger partial charge in [0.15, 0.2) is 5.84 Å². The van der Waals surface area contributed by atoms with Gasteiger partial charge in [-0.15, -0.1) is 0 Å². The highest BCUT2D eigenvalue weighted by molar-refractivity contribution is 6.39. The Morgan fingerprint density at radius 1 is 1.24 bits per heavy atom. The number of oxime groups is 1. The Kier molecular flexibility index (Phi) is 4.88. The number of benzene rings is 2. The molecule has 0 radical (unpaired) electrons. The highest BCUT2D eigenvalue weighted by Gasteiger charge is 2.08. The number of rotatable bonds is 4. The summed E-state index contributed by atoms with van der Waals surface area (Å²) in [6.07, 6.45) is 0. The lowest BCUT2D eigenvalue weighted by Gasteiger charge is -2.11. The Labute approximate surface area is 131 Å². The SMILES string of the molecule is N/C(=N/O)c1cc(F)cc(CNc2c(Cl)cccc2Cl)c1. The van der Waals surface area contributed by atoms with E-state index >= 15 is 0 Å². The first-order chi connectivity index (χ1) is 10.0. The van der Waals surface area contributed by atoms with E-state index in [4.69, 9.17) is 34.1 Å². The van der Waals surface area contributed by atoms with E-state index in [1.165, 1.54) is 12.1 Å². The molecule has 2 rings (SSSR count). The fourth-order valence-corrected chi connectivity index (χ4v) is 2.35. The normalized spacial score (nSPS) is 11.5. The number of nitrogens with zero attached hydrogens (tertiary/aromatic N) is 1. The molecule has 2 aromatic rings. The van der Waals surface area contributed by atoms with Crippen LogP contribution in [0, 0.1) is 5.82 Å². The number of nitrogens with two attached hydrogens (primary N) is 1. The summed E-state index contributed by atoms with van der Waals surface area (Å²) in [5.41, 5.74) is 6.92. The Morgan fingerprint density at radius 3 is 2.52 bits per heavy atom. The van der Waals surface area contributed by atoms with E-state index in [0.29, 0.717) is 26.9 Å². The van der Waals surface area contributed by atoms with Crippen molar-refractivity contribution in [2.45, 2.75) is 6.54 Å². The van der Waals surface area contributed by atoms with E-state index < -0.39 is 5.82 Å². The molecule has 110 valence electrons. The van der Waals surface area contributed by atoms with Gasteiger partial charge in [-0.1, -0.05) is 34.4 Å². The maximum absolute atomic E-state index is 13.5. The quantitative estimate of drug-likeness (QED) is 0.346. The van der Waals surface area contributed by atoms with Crippen molar-refractivity contribution in [1.29, 1.82) is 0 Å². The van der Waals surface area contributed by atoms with Crippen LogP contribution >= 0.6 is 23.2 Å². The predicted octanol–water partition coefficient (Wildman–Crippen LogP) is 3.84. The molecule has 0 saturated carbocycles. The minimum Gasteiger partial charge on any atom is -0.409 e. The zero-order chi connectivity index (χ0) is 15.4. The Morgan fingerprint density at radius 2 is 1.90 bits per heavy atom. The average Bonchev–Trinajstić information content (AvgIpc) is 2.45. The Hall–Kier alpha value is -1.98. The van der Waals surface area contributed by atoms with E-state index in [2.05, 4.69) is 10.5 Å². The predicted molar refractivity (Wildman–Crippen MR) is 82.7 cm³/mol. The molecule has 4 N–H and O–H groups in total. The second-order valence-corrected chi connectivity index (χ2v) is 5.10. The lowest BCUT2D eigenvalue weighted by Crippen LogP contribution is -2.14. The topological polar surface area (TPSA) is 70.6 Å².